The lowest BCUT2D eigenvalue weighted by Crippen LogP contribution is -2.32. The molecule has 0 aromatic carbocycles. The molecule has 0 aliphatic rings. The Morgan fingerprint density at radius 1 is 1.36 bits per heavy atom. The van der Waals surface area contributed by atoms with Gasteiger partial charge in [-0.2, -0.15) is 0 Å². The molecular formula is C9H19NO3S. The van der Waals surface area contributed by atoms with E-state index in [0.717, 1.165) is 0 Å². The molecule has 0 saturated carbocycles. The summed E-state index contributed by atoms with van der Waals surface area (Å²) in [5.41, 5.74) is 0. The summed E-state index contributed by atoms with van der Waals surface area (Å²) >= 11 is 0. The normalized spacial score (nSPS) is 11.7. The fraction of sp³-hybridized carbons (Fsp3) is 0.889. The van der Waals surface area contributed by atoms with Gasteiger partial charge in [0.25, 0.3) is 0 Å². The second-order valence-electron chi connectivity index (χ2n) is 3.78. The zero-order valence-electron chi connectivity index (χ0n) is 9.04. The van der Waals surface area contributed by atoms with E-state index < -0.39 is 15.9 Å². The summed E-state index contributed by atoms with van der Waals surface area (Å²) in [5.74, 6) is -0.0516. The molecule has 0 radical (unpaired) electrons. The summed E-state index contributed by atoms with van der Waals surface area (Å²) in [5, 5.41) is 0. The number of rotatable bonds is 6. The van der Waals surface area contributed by atoms with Crippen molar-refractivity contribution in [2.24, 2.45) is 5.92 Å². The third-order valence-corrected chi connectivity index (χ3v) is 3.02. The first-order chi connectivity index (χ1) is 6.37. The highest BCUT2D eigenvalue weighted by Gasteiger charge is 2.13. The van der Waals surface area contributed by atoms with Crippen LogP contribution in [0.3, 0.4) is 0 Å². The number of carbonyl (C=O) groups excluding carboxylic acids is 1. The van der Waals surface area contributed by atoms with Crippen LogP contribution in [0.25, 0.3) is 0 Å². The van der Waals surface area contributed by atoms with Crippen molar-refractivity contribution < 1.29 is 13.2 Å². The van der Waals surface area contributed by atoms with Crippen molar-refractivity contribution in [2.45, 2.75) is 40.0 Å². The van der Waals surface area contributed by atoms with E-state index in [1.165, 1.54) is 0 Å². The van der Waals surface area contributed by atoms with E-state index >= 15 is 0 Å². The molecule has 0 aliphatic heterocycles. The summed E-state index contributed by atoms with van der Waals surface area (Å²) in [7, 11) is -3.40. The standard InChI is InChI=1S/C9H19NO3S/c1-4-5-9(11)10-14(12,13)7-6-8(2)3/h8H,4-7H2,1-3H3,(H,10,11). The second-order valence-corrected chi connectivity index (χ2v) is 5.62. The molecule has 0 aromatic rings. The maximum absolute atomic E-state index is 11.3. The minimum absolute atomic E-state index is 0.0279. The van der Waals surface area contributed by atoms with Gasteiger partial charge in [-0.25, -0.2) is 8.42 Å². The van der Waals surface area contributed by atoms with E-state index in [2.05, 4.69) is 0 Å². The molecule has 1 N–H and O–H groups in total. The highest BCUT2D eigenvalue weighted by molar-refractivity contribution is 7.90. The van der Waals surface area contributed by atoms with Gasteiger partial charge in [0.15, 0.2) is 0 Å². The van der Waals surface area contributed by atoms with Crippen LogP contribution in [-0.2, 0) is 14.8 Å². The first-order valence-electron chi connectivity index (χ1n) is 4.90. The lowest BCUT2D eigenvalue weighted by molar-refractivity contribution is -0.119. The number of hydrogen-bond donors (Lipinski definition) is 1. The second kappa shape index (κ2) is 6.01. The lowest BCUT2D eigenvalue weighted by atomic mass is 10.2. The largest absolute Gasteiger partial charge is 0.274 e. The van der Waals surface area contributed by atoms with E-state index in [0.29, 0.717) is 18.8 Å². The Hall–Kier alpha value is -0.580. The van der Waals surface area contributed by atoms with Crippen molar-refractivity contribution in [3.8, 4) is 0 Å². The molecular weight excluding hydrogens is 202 g/mol. The van der Waals surface area contributed by atoms with Gasteiger partial charge in [-0.3, -0.25) is 9.52 Å². The van der Waals surface area contributed by atoms with Crippen LogP contribution < -0.4 is 4.72 Å². The van der Waals surface area contributed by atoms with Crippen LogP contribution >= 0.6 is 0 Å². The Morgan fingerprint density at radius 2 is 1.93 bits per heavy atom. The molecule has 0 fully saturated rings. The molecule has 0 atom stereocenters. The molecule has 5 heteroatoms. The molecule has 0 spiro atoms. The van der Waals surface area contributed by atoms with Crippen molar-refractivity contribution in [1.29, 1.82) is 0 Å². The van der Waals surface area contributed by atoms with E-state index in [-0.39, 0.29) is 12.2 Å². The number of nitrogens with one attached hydrogen (secondary N) is 1. The van der Waals surface area contributed by atoms with Crippen molar-refractivity contribution in [3.63, 3.8) is 0 Å². The van der Waals surface area contributed by atoms with E-state index in [1.807, 2.05) is 25.5 Å². The molecule has 1 amide bonds. The highest BCUT2D eigenvalue weighted by atomic mass is 32.2. The van der Waals surface area contributed by atoms with Gasteiger partial charge in [0, 0.05) is 6.42 Å². The fourth-order valence-electron chi connectivity index (χ4n) is 0.893. The molecule has 0 heterocycles. The molecule has 0 aromatic heterocycles. The van der Waals surface area contributed by atoms with Gasteiger partial charge in [-0.05, 0) is 18.8 Å². The summed E-state index contributed by atoms with van der Waals surface area (Å²) in [4.78, 5) is 11.0. The fourth-order valence-corrected chi connectivity index (χ4v) is 2.23. The third kappa shape index (κ3) is 6.88. The maximum Gasteiger partial charge on any atom is 0.234 e. The Labute approximate surface area is 86.1 Å². The van der Waals surface area contributed by atoms with E-state index in [1.54, 1.807) is 0 Å². The Bertz CT molecular complexity index is 270. The van der Waals surface area contributed by atoms with E-state index in [4.69, 9.17) is 0 Å². The van der Waals surface area contributed by atoms with Crippen molar-refractivity contribution in [3.05, 3.63) is 0 Å². The molecule has 0 aliphatic carbocycles. The maximum atomic E-state index is 11.3. The molecule has 0 saturated heterocycles. The van der Waals surface area contributed by atoms with Crippen LogP contribution in [0.2, 0.25) is 0 Å². The van der Waals surface area contributed by atoms with Crippen LogP contribution in [0.4, 0.5) is 0 Å². The number of carbonyl (C=O) groups is 1. The van der Waals surface area contributed by atoms with Crippen molar-refractivity contribution in [1.82, 2.24) is 4.72 Å². The smallest absolute Gasteiger partial charge is 0.234 e. The average Bonchev–Trinajstić information content (AvgIpc) is 2.00. The van der Waals surface area contributed by atoms with Gasteiger partial charge in [0.2, 0.25) is 15.9 Å². The number of hydrogen-bond acceptors (Lipinski definition) is 3. The summed E-state index contributed by atoms with van der Waals surface area (Å²) in [6, 6.07) is 0. The quantitative estimate of drug-likeness (QED) is 0.735. The van der Waals surface area contributed by atoms with Crippen LogP contribution in [0.1, 0.15) is 40.0 Å². The Kier molecular flexibility index (Phi) is 5.76. The number of sulfonamides is 1. The average molecular weight is 221 g/mol. The van der Waals surface area contributed by atoms with Crippen LogP contribution in [0, 0.1) is 5.92 Å². The van der Waals surface area contributed by atoms with E-state index in [9.17, 15) is 13.2 Å². The zero-order valence-corrected chi connectivity index (χ0v) is 9.86. The molecule has 14 heavy (non-hydrogen) atoms. The summed E-state index contributed by atoms with van der Waals surface area (Å²) in [6.07, 6.45) is 1.50. The van der Waals surface area contributed by atoms with Gasteiger partial charge in [0.1, 0.15) is 0 Å². The Morgan fingerprint density at radius 3 is 2.36 bits per heavy atom. The predicted octanol–water partition coefficient (Wildman–Crippen LogP) is 1.28. The van der Waals surface area contributed by atoms with Gasteiger partial charge >= 0.3 is 0 Å². The monoisotopic (exact) mass is 221 g/mol. The van der Waals surface area contributed by atoms with Gasteiger partial charge in [-0.15, -0.1) is 0 Å². The Balaban J connectivity index is 4.01. The molecule has 0 rings (SSSR count). The van der Waals surface area contributed by atoms with Crippen LogP contribution in [0.15, 0.2) is 0 Å². The highest BCUT2D eigenvalue weighted by Crippen LogP contribution is 2.02. The van der Waals surface area contributed by atoms with Gasteiger partial charge in [-0.1, -0.05) is 20.8 Å². The van der Waals surface area contributed by atoms with Gasteiger partial charge < -0.3 is 0 Å². The zero-order chi connectivity index (χ0) is 11.2. The first kappa shape index (κ1) is 13.4. The predicted molar refractivity (Wildman–Crippen MR) is 56.3 cm³/mol. The third-order valence-electron chi connectivity index (χ3n) is 1.71. The molecule has 84 valence electrons. The number of amides is 1. The van der Waals surface area contributed by atoms with Crippen LogP contribution in [0.5, 0.6) is 0 Å². The topological polar surface area (TPSA) is 63.2 Å². The minimum Gasteiger partial charge on any atom is -0.274 e. The summed E-state index contributed by atoms with van der Waals surface area (Å²) in [6.45, 7) is 5.73. The van der Waals surface area contributed by atoms with Crippen molar-refractivity contribution in [2.75, 3.05) is 5.75 Å². The van der Waals surface area contributed by atoms with Gasteiger partial charge in [0.05, 0.1) is 5.75 Å². The molecule has 4 nitrogen and oxygen atoms in total. The summed E-state index contributed by atoms with van der Waals surface area (Å²) < 4.78 is 24.6. The molecule has 0 unspecified atom stereocenters. The minimum atomic E-state index is -3.40. The first-order valence-corrected chi connectivity index (χ1v) is 6.56. The SMILES string of the molecule is CCCC(=O)NS(=O)(=O)CCC(C)C. The molecule has 0 bridgehead atoms. The van der Waals surface area contributed by atoms with Crippen molar-refractivity contribution >= 4 is 15.9 Å². The lowest BCUT2D eigenvalue weighted by Gasteiger charge is -2.07. The van der Waals surface area contributed by atoms with Crippen LogP contribution in [-0.4, -0.2) is 20.1 Å².